The van der Waals surface area contributed by atoms with Crippen molar-refractivity contribution in [3.05, 3.63) is 11.4 Å². The summed E-state index contributed by atoms with van der Waals surface area (Å²) in [4.78, 5) is 11.1. The molecule has 0 aliphatic rings. The van der Waals surface area contributed by atoms with Crippen LogP contribution < -0.4 is 10.6 Å². The second-order valence-corrected chi connectivity index (χ2v) is 4.21. The largest absolute Gasteiger partial charge is 0.383 e. The molecule has 0 spiro atoms. The predicted molar refractivity (Wildman–Crippen MR) is 68.7 cm³/mol. The average molecular weight is 222 g/mol. The molecule has 2 N–H and O–H groups in total. The summed E-state index contributed by atoms with van der Waals surface area (Å²) in [5.74, 6) is 2.39. The number of aryl methyl sites for hydroxylation is 1. The molecule has 0 saturated carbocycles. The van der Waals surface area contributed by atoms with E-state index in [2.05, 4.69) is 35.6 Å². The van der Waals surface area contributed by atoms with Gasteiger partial charge in [-0.05, 0) is 27.7 Å². The van der Waals surface area contributed by atoms with Gasteiger partial charge < -0.3 is 10.6 Å². The monoisotopic (exact) mass is 222 g/mol. The van der Waals surface area contributed by atoms with Crippen LogP contribution in [0.3, 0.4) is 0 Å². The van der Waals surface area contributed by atoms with Crippen molar-refractivity contribution < 1.29 is 0 Å². The number of nitrogen functional groups attached to an aromatic ring is 1. The highest BCUT2D eigenvalue weighted by molar-refractivity contribution is 5.56. The van der Waals surface area contributed by atoms with Crippen molar-refractivity contribution in [2.24, 2.45) is 0 Å². The standard InChI is InChI=1S/C12H22N4/c1-6-10-14-11(13)9(5)12(15-10)16(7-2)8(3)4/h8H,6-7H2,1-5H3,(H2,13,14,15). The highest BCUT2D eigenvalue weighted by Gasteiger charge is 2.15. The Bertz CT molecular complexity index is 360. The van der Waals surface area contributed by atoms with Crippen LogP contribution in [0.15, 0.2) is 0 Å². The van der Waals surface area contributed by atoms with Crippen LogP contribution in [-0.2, 0) is 6.42 Å². The molecule has 0 radical (unpaired) electrons. The van der Waals surface area contributed by atoms with Gasteiger partial charge in [-0.15, -0.1) is 0 Å². The molecule has 0 amide bonds. The highest BCUT2D eigenvalue weighted by atomic mass is 15.2. The molecule has 16 heavy (non-hydrogen) atoms. The average Bonchev–Trinajstić information content (AvgIpc) is 2.24. The summed E-state index contributed by atoms with van der Waals surface area (Å²) < 4.78 is 0. The molecule has 0 atom stereocenters. The Hall–Kier alpha value is -1.32. The molecule has 0 fully saturated rings. The number of nitrogens with two attached hydrogens (primary N) is 1. The predicted octanol–water partition coefficient (Wildman–Crippen LogP) is 2.16. The fraction of sp³-hybridized carbons (Fsp3) is 0.667. The van der Waals surface area contributed by atoms with Crippen molar-refractivity contribution in [2.45, 2.75) is 47.1 Å². The van der Waals surface area contributed by atoms with E-state index in [1.54, 1.807) is 0 Å². The molecule has 0 aliphatic heterocycles. The summed E-state index contributed by atoms with van der Waals surface area (Å²) in [6.07, 6.45) is 0.813. The fourth-order valence-corrected chi connectivity index (χ4v) is 1.77. The number of aromatic nitrogens is 2. The molecule has 1 aromatic heterocycles. The van der Waals surface area contributed by atoms with Gasteiger partial charge in [0.15, 0.2) is 0 Å². The van der Waals surface area contributed by atoms with Crippen LogP contribution in [0.4, 0.5) is 11.6 Å². The number of nitrogens with zero attached hydrogens (tertiary/aromatic N) is 3. The Balaban J connectivity index is 3.24. The van der Waals surface area contributed by atoms with E-state index in [-0.39, 0.29) is 0 Å². The van der Waals surface area contributed by atoms with Gasteiger partial charge in [0.1, 0.15) is 17.5 Å². The lowest BCUT2D eigenvalue weighted by molar-refractivity contribution is 0.685. The zero-order chi connectivity index (χ0) is 12.3. The molecule has 0 aromatic carbocycles. The third-order valence-corrected chi connectivity index (χ3v) is 2.76. The summed E-state index contributed by atoms with van der Waals surface area (Å²) >= 11 is 0. The Labute approximate surface area is 97.9 Å². The molecule has 1 aromatic rings. The van der Waals surface area contributed by atoms with Gasteiger partial charge in [0.2, 0.25) is 0 Å². The second kappa shape index (κ2) is 5.14. The Kier molecular flexibility index (Phi) is 4.10. The Morgan fingerprint density at radius 2 is 1.88 bits per heavy atom. The normalized spacial score (nSPS) is 10.9. The van der Waals surface area contributed by atoms with E-state index in [0.717, 1.165) is 30.2 Å². The van der Waals surface area contributed by atoms with Gasteiger partial charge >= 0.3 is 0 Å². The van der Waals surface area contributed by atoms with E-state index in [9.17, 15) is 0 Å². The van der Waals surface area contributed by atoms with Gasteiger partial charge in [0.25, 0.3) is 0 Å². The first-order valence-electron chi connectivity index (χ1n) is 5.90. The lowest BCUT2D eigenvalue weighted by Gasteiger charge is -2.28. The van der Waals surface area contributed by atoms with Crippen molar-refractivity contribution in [3.8, 4) is 0 Å². The van der Waals surface area contributed by atoms with Crippen molar-refractivity contribution >= 4 is 11.6 Å². The van der Waals surface area contributed by atoms with Crippen LogP contribution in [0.1, 0.15) is 39.1 Å². The minimum atomic E-state index is 0.419. The lowest BCUT2D eigenvalue weighted by atomic mass is 10.2. The Morgan fingerprint density at radius 3 is 2.31 bits per heavy atom. The first-order chi connectivity index (χ1) is 7.51. The van der Waals surface area contributed by atoms with Crippen LogP contribution in [0.25, 0.3) is 0 Å². The highest BCUT2D eigenvalue weighted by Crippen LogP contribution is 2.23. The van der Waals surface area contributed by atoms with Crippen LogP contribution in [-0.4, -0.2) is 22.6 Å². The summed E-state index contributed by atoms with van der Waals surface area (Å²) in [6, 6.07) is 0.419. The minimum absolute atomic E-state index is 0.419. The van der Waals surface area contributed by atoms with E-state index in [0.29, 0.717) is 11.9 Å². The molecule has 0 saturated heterocycles. The number of hydrogen-bond donors (Lipinski definition) is 1. The molecule has 0 aliphatic carbocycles. The molecule has 1 rings (SSSR count). The van der Waals surface area contributed by atoms with E-state index < -0.39 is 0 Å². The Morgan fingerprint density at radius 1 is 1.25 bits per heavy atom. The zero-order valence-corrected chi connectivity index (χ0v) is 10.9. The summed E-state index contributed by atoms with van der Waals surface area (Å²) in [6.45, 7) is 11.4. The SMILES string of the molecule is CCc1nc(N)c(C)c(N(CC)C(C)C)n1. The second-order valence-electron chi connectivity index (χ2n) is 4.21. The van der Waals surface area contributed by atoms with Gasteiger partial charge in [-0.25, -0.2) is 9.97 Å². The topological polar surface area (TPSA) is 55.0 Å². The van der Waals surface area contributed by atoms with Gasteiger partial charge in [0, 0.05) is 24.6 Å². The van der Waals surface area contributed by atoms with E-state index in [1.807, 2.05) is 13.8 Å². The minimum Gasteiger partial charge on any atom is -0.383 e. The first-order valence-corrected chi connectivity index (χ1v) is 5.90. The van der Waals surface area contributed by atoms with Crippen molar-refractivity contribution in [3.63, 3.8) is 0 Å². The quantitative estimate of drug-likeness (QED) is 0.848. The zero-order valence-electron chi connectivity index (χ0n) is 10.9. The maximum atomic E-state index is 5.91. The van der Waals surface area contributed by atoms with Crippen LogP contribution >= 0.6 is 0 Å². The fourth-order valence-electron chi connectivity index (χ4n) is 1.77. The summed E-state index contributed by atoms with van der Waals surface area (Å²) in [5.41, 5.74) is 6.89. The molecule has 0 bridgehead atoms. The molecule has 90 valence electrons. The van der Waals surface area contributed by atoms with Crippen LogP contribution in [0.2, 0.25) is 0 Å². The molecule has 1 heterocycles. The summed E-state index contributed by atoms with van der Waals surface area (Å²) in [5, 5.41) is 0. The number of anilines is 2. The van der Waals surface area contributed by atoms with E-state index in [1.165, 1.54) is 0 Å². The molecular weight excluding hydrogens is 200 g/mol. The van der Waals surface area contributed by atoms with Crippen molar-refractivity contribution in [1.29, 1.82) is 0 Å². The third-order valence-electron chi connectivity index (χ3n) is 2.76. The lowest BCUT2D eigenvalue weighted by Crippen LogP contribution is -2.32. The first kappa shape index (κ1) is 12.7. The maximum Gasteiger partial charge on any atom is 0.137 e. The van der Waals surface area contributed by atoms with Crippen molar-refractivity contribution in [2.75, 3.05) is 17.2 Å². The van der Waals surface area contributed by atoms with Gasteiger partial charge in [-0.3, -0.25) is 0 Å². The van der Waals surface area contributed by atoms with Gasteiger partial charge in [-0.1, -0.05) is 6.92 Å². The molecule has 4 heteroatoms. The number of rotatable bonds is 4. The summed E-state index contributed by atoms with van der Waals surface area (Å²) in [7, 11) is 0. The van der Waals surface area contributed by atoms with Crippen molar-refractivity contribution in [1.82, 2.24) is 9.97 Å². The van der Waals surface area contributed by atoms with E-state index >= 15 is 0 Å². The van der Waals surface area contributed by atoms with Crippen LogP contribution in [0, 0.1) is 6.92 Å². The molecule has 4 nitrogen and oxygen atoms in total. The third kappa shape index (κ3) is 2.43. The number of hydrogen-bond acceptors (Lipinski definition) is 4. The molecular formula is C12H22N4. The maximum absolute atomic E-state index is 5.91. The smallest absolute Gasteiger partial charge is 0.137 e. The van der Waals surface area contributed by atoms with Gasteiger partial charge in [0.05, 0.1) is 0 Å². The van der Waals surface area contributed by atoms with Crippen LogP contribution in [0.5, 0.6) is 0 Å². The van der Waals surface area contributed by atoms with Gasteiger partial charge in [-0.2, -0.15) is 0 Å². The van der Waals surface area contributed by atoms with E-state index in [4.69, 9.17) is 5.73 Å². The molecule has 0 unspecified atom stereocenters.